The Hall–Kier alpha value is -0.850. The maximum Gasteiger partial charge on any atom is 0.407 e. The van der Waals surface area contributed by atoms with E-state index in [1.165, 1.54) is 0 Å². The van der Waals surface area contributed by atoms with Gasteiger partial charge in [-0.2, -0.15) is 0 Å². The summed E-state index contributed by atoms with van der Waals surface area (Å²) in [5.74, 6) is 0. The molecule has 0 aromatic carbocycles. The van der Waals surface area contributed by atoms with Gasteiger partial charge in [-0.05, 0) is 34.1 Å². The van der Waals surface area contributed by atoms with Gasteiger partial charge in [0, 0.05) is 12.6 Å². The minimum atomic E-state index is -0.713. The number of amides is 1. The van der Waals surface area contributed by atoms with E-state index in [1.54, 1.807) is 20.8 Å². The van der Waals surface area contributed by atoms with Gasteiger partial charge in [-0.1, -0.05) is 6.92 Å². The number of carbonyl (C=O) groups is 1. The number of aliphatic hydroxyl groups is 2. The first kappa shape index (κ1) is 18.1. The van der Waals surface area contributed by atoms with Crippen LogP contribution in [0.15, 0.2) is 0 Å². The fourth-order valence-corrected chi connectivity index (χ4v) is 1.59. The van der Waals surface area contributed by atoms with E-state index in [4.69, 9.17) is 4.74 Å². The van der Waals surface area contributed by atoms with Crippen LogP contribution in [0.5, 0.6) is 0 Å². The van der Waals surface area contributed by atoms with Crippen LogP contribution in [-0.2, 0) is 4.74 Å². The Kier molecular flexibility index (Phi) is 7.33. The Morgan fingerprint density at radius 2 is 1.79 bits per heavy atom. The van der Waals surface area contributed by atoms with Gasteiger partial charge in [-0.25, -0.2) is 4.79 Å². The quantitative estimate of drug-likeness (QED) is 0.547. The first-order valence-corrected chi connectivity index (χ1v) is 6.64. The molecular weight excluding hydrogens is 248 g/mol. The molecule has 0 aromatic heterocycles. The number of hydrogen-bond acceptors (Lipinski definition) is 5. The van der Waals surface area contributed by atoms with Crippen molar-refractivity contribution in [2.45, 2.75) is 58.2 Å². The zero-order valence-corrected chi connectivity index (χ0v) is 12.6. The smallest absolute Gasteiger partial charge is 0.407 e. The lowest BCUT2D eigenvalue weighted by molar-refractivity contribution is 0.0507. The first-order valence-electron chi connectivity index (χ1n) is 6.64. The molecule has 6 heteroatoms. The van der Waals surface area contributed by atoms with Gasteiger partial charge < -0.3 is 25.6 Å². The summed E-state index contributed by atoms with van der Waals surface area (Å²) in [5, 5.41) is 24.4. The first-order chi connectivity index (χ1) is 8.68. The molecule has 0 aromatic rings. The van der Waals surface area contributed by atoms with Crippen molar-refractivity contribution in [2.75, 3.05) is 19.8 Å². The third kappa shape index (κ3) is 7.34. The second kappa shape index (κ2) is 7.67. The minimum Gasteiger partial charge on any atom is -0.444 e. The molecular formula is C13H28N2O4. The Bertz CT molecular complexity index is 264. The van der Waals surface area contributed by atoms with E-state index in [0.29, 0.717) is 13.0 Å². The molecule has 0 saturated heterocycles. The second-order valence-corrected chi connectivity index (χ2v) is 5.88. The summed E-state index contributed by atoms with van der Waals surface area (Å²) in [6, 6.07) is -0.0910. The number of rotatable bonds is 7. The summed E-state index contributed by atoms with van der Waals surface area (Å²) < 4.78 is 5.12. The van der Waals surface area contributed by atoms with Crippen LogP contribution >= 0.6 is 0 Å². The van der Waals surface area contributed by atoms with Crippen molar-refractivity contribution >= 4 is 6.09 Å². The molecule has 0 saturated carbocycles. The third-order valence-corrected chi connectivity index (χ3v) is 2.79. The summed E-state index contributed by atoms with van der Waals surface area (Å²) >= 11 is 0. The number of nitrogens with one attached hydrogen (secondary N) is 2. The van der Waals surface area contributed by atoms with Crippen LogP contribution < -0.4 is 10.6 Å². The van der Waals surface area contributed by atoms with Crippen LogP contribution in [0.4, 0.5) is 4.79 Å². The molecule has 1 unspecified atom stereocenters. The molecule has 0 aliphatic rings. The van der Waals surface area contributed by atoms with E-state index >= 15 is 0 Å². The van der Waals surface area contributed by atoms with Crippen molar-refractivity contribution in [1.29, 1.82) is 0 Å². The Balaban J connectivity index is 4.18. The number of hydrogen-bond donors (Lipinski definition) is 4. The maximum absolute atomic E-state index is 11.5. The van der Waals surface area contributed by atoms with Gasteiger partial charge in [-0.15, -0.1) is 0 Å². The Labute approximate surface area is 115 Å². The molecule has 19 heavy (non-hydrogen) atoms. The molecule has 1 atom stereocenters. The molecule has 4 N–H and O–H groups in total. The Morgan fingerprint density at radius 3 is 2.16 bits per heavy atom. The SMILES string of the molecule is CCC(CO)(CO)NC(C)CNC(=O)OC(C)(C)C. The molecule has 0 radical (unpaired) electrons. The van der Waals surface area contributed by atoms with Crippen LogP contribution in [0.1, 0.15) is 41.0 Å². The maximum atomic E-state index is 11.5. The summed E-state index contributed by atoms with van der Waals surface area (Å²) in [4.78, 5) is 11.5. The minimum absolute atomic E-state index is 0.0910. The van der Waals surface area contributed by atoms with Crippen molar-refractivity contribution in [1.82, 2.24) is 10.6 Å². The summed E-state index contributed by atoms with van der Waals surface area (Å²) in [6.07, 6.45) is 0.118. The lowest BCUT2D eigenvalue weighted by Crippen LogP contribution is -2.57. The molecule has 6 nitrogen and oxygen atoms in total. The van der Waals surface area contributed by atoms with E-state index in [-0.39, 0.29) is 19.3 Å². The van der Waals surface area contributed by atoms with Crippen molar-refractivity contribution < 1.29 is 19.7 Å². The molecule has 0 aliphatic carbocycles. The van der Waals surface area contributed by atoms with Gasteiger partial charge in [-0.3, -0.25) is 0 Å². The predicted octanol–water partition coefficient (Wildman–Crippen LogP) is 0.623. The number of alkyl carbamates (subject to hydrolysis) is 1. The average molecular weight is 276 g/mol. The highest BCUT2D eigenvalue weighted by atomic mass is 16.6. The number of carbonyl (C=O) groups excluding carboxylic acids is 1. The zero-order valence-electron chi connectivity index (χ0n) is 12.6. The normalized spacial score (nSPS) is 14.1. The highest BCUT2D eigenvalue weighted by Gasteiger charge is 2.28. The predicted molar refractivity (Wildman–Crippen MR) is 74.0 cm³/mol. The van der Waals surface area contributed by atoms with Gasteiger partial charge in [0.2, 0.25) is 0 Å². The van der Waals surface area contributed by atoms with Crippen LogP contribution in [0.3, 0.4) is 0 Å². The van der Waals surface area contributed by atoms with Crippen LogP contribution in [0.2, 0.25) is 0 Å². The van der Waals surface area contributed by atoms with Crippen molar-refractivity contribution in [2.24, 2.45) is 0 Å². The molecule has 0 rings (SSSR count). The lowest BCUT2D eigenvalue weighted by atomic mass is 9.97. The largest absolute Gasteiger partial charge is 0.444 e. The standard InChI is InChI=1S/C13H28N2O4/c1-6-13(8-16,9-17)15-10(2)7-14-11(18)19-12(3,4)5/h10,15-17H,6-9H2,1-5H3,(H,14,18). The van der Waals surface area contributed by atoms with Gasteiger partial charge >= 0.3 is 6.09 Å². The van der Waals surface area contributed by atoms with Crippen molar-refractivity contribution in [3.8, 4) is 0 Å². The molecule has 0 bridgehead atoms. The fourth-order valence-electron chi connectivity index (χ4n) is 1.59. The fraction of sp³-hybridized carbons (Fsp3) is 0.923. The van der Waals surface area contributed by atoms with Gasteiger partial charge in [0.1, 0.15) is 5.60 Å². The summed E-state index contributed by atoms with van der Waals surface area (Å²) in [7, 11) is 0. The number of aliphatic hydroxyl groups excluding tert-OH is 2. The van der Waals surface area contributed by atoms with Crippen molar-refractivity contribution in [3.05, 3.63) is 0 Å². The molecule has 0 spiro atoms. The molecule has 0 aliphatic heterocycles. The summed E-state index contributed by atoms with van der Waals surface area (Å²) in [6.45, 7) is 9.19. The number of ether oxygens (including phenoxy) is 1. The van der Waals surface area contributed by atoms with E-state index < -0.39 is 17.2 Å². The highest BCUT2D eigenvalue weighted by molar-refractivity contribution is 5.67. The van der Waals surface area contributed by atoms with Gasteiger partial charge in [0.25, 0.3) is 0 Å². The van der Waals surface area contributed by atoms with E-state index in [1.807, 2.05) is 13.8 Å². The second-order valence-electron chi connectivity index (χ2n) is 5.88. The van der Waals surface area contributed by atoms with Gasteiger partial charge in [0.05, 0.1) is 18.8 Å². The van der Waals surface area contributed by atoms with E-state index in [9.17, 15) is 15.0 Å². The zero-order chi connectivity index (χ0) is 15.1. The molecule has 1 amide bonds. The average Bonchev–Trinajstić information content (AvgIpc) is 2.31. The van der Waals surface area contributed by atoms with E-state index in [2.05, 4.69) is 10.6 Å². The van der Waals surface area contributed by atoms with Crippen LogP contribution in [-0.4, -0.2) is 53.2 Å². The monoisotopic (exact) mass is 276 g/mol. The van der Waals surface area contributed by atoms with Crippen LogP contribution in [0.25, 0.3) is 0 Å². The van der Waals surface area contributed by atoms with Gasteiger partial charge in [0.15, 0.2) is 0 Å². The highest BCUT2D eigenvalue weighted by Crippen LogP contribution is 2.10. The van der Waals surface area contributed by atoms with Crippen LogP contribution in [0, 0.1) is 0 Å². The van der Waals surface area contributed by atoms with Crippen molar-refractivity contribution in [3.63, 3.8) is 0 Å². The lowest BCUT2D eigenvalue weighted by Gasteiger charge is -2.33. The molecule has 0 fully saturated rings. The molecule has 0 heterocycles. The molecule has 114 valence electrons. The third-order valence-electron chi connectivity index (χ3n) is 2.79. The Morgan fingerprint density at radius 1 is 1.26 bits per heavy atom. The summed E-state index contributed by atoms with van der Waals surface area (Å²) in [5.41, 5.74) is -1.24. The topological polar surface area (TPSA) is 90.8 Å². The van der Waals surface area contributed by atoms with E-state index in [0.717, 1.165) is 0 Å².